The number of carbonyl (C=O) groups is 2. The molecule has 0 aromatic heterocycles. The summed E-state index contributed by atoms with van der Waals surface area (Å²) in [6.07, 6.45) is 0.362. The third kappa shape index (κ3) is 2.60. The van der Waals surface area contributed by atoms with Gasteiger partial charge in [0.15, 0.2) is 0 Å². The van der Waals surface area contributed by atoms with Gasteiger partial charge in [-0.3, -0.25) is 9.59 Å². The number of likely N-dealkylation sites (N-methyl/N-ethyl adjacent to an activating group) is 1. The van der Waals surface area contributed by atoms with Gasteiger partial charge in [-0.05, 0) is 36.2 Å². The number of hydrogen-bond donors (Lipinski definition) is 1. The van der Waals surface area contributed by atoms with Crippen molar-refractivity contribution in [2.75, 3.05) is 11.9 Å². The second kappa shape index (κ2) is 5.64. The Balaban J connectivity index is 1.77. The van der Waals surface area contributed by atoms with Gasteiger partial charge in [0.2, 0.25) is 5.91 Å². The van der Waals surface area contributed by atoms with Crippen LogP contribution in [0.1, 0.15) is 34.5 Å². The van der Waals surface area contributed by atoms with E-state index in [0.29, 0.717) is 12.0 Å². The highest BCUT2D eigenvalue weighted by Crippen LogP contribution is 2.28. The molecule has 0 radical (unpaired) electrons. The molecule has 1 N–H and O–H groups in total. The van der Waals surface area contributed by atoms with Crippen molar-refractivity contribution in [3.05, 3.63) is 65.2 Å². The SMILES string of the molecule is C[C@@H](NC(=O)c1ccc2c(c1)CC(=O)N2C)c1ccccc1. The van der Waals surface area contributed by atoms with Crippen molar-refractivity contribution in [2.45, 2.75) is 19.4 Å². The molecule has 2 aromatic rings. The summed E-state index contributed by atoms with van der Waals surface area (Å²) in [5, 5.41) is 2.99. The van der Waals surface area contributed by atoms with Crippen LogP contribution in [0.2, 0.25) is 0 Å². The van der Waals surface area contributed by atoms with Crippen LogP contribution in [0.3, 0.4) is 0 Å². The van der Waals surface area contributed by atoms with Crippen molar-refractivity contribution in [3.63, 3.8) is 0 Å². The molecule has 0 spiro atoms. The van der Waals surface area contributed by atoms with Crippen molar-refractivity contribution >= 4 is 17.5 Å². The van der Waals surface area contributed by atoms with E-state index in [1.165, 1.54) is 0 Å². The summed E-state index contributed by atoms with van der Waals surface area (Å²) >= 11 is 0. The van der Waals surface area contributed by atoms with Crippen molar-refractivity contribution in [2.24, 2.45) is 0 Å². The maximum Gasteiger partial charge on any atom is 0.251 e. The largest absolute Gasteiger partial charge is 0.346 e. The molecule has 1 atom stereocenters. The molecule has 0 saturated heterocycles. The summed E-state index contributed by atoms with van der Waals surface area (Å²) in [7, 11) is 1.76. The van der Waals surface area contributed by atoms with Crippen molar-refractivity contribution < 1.29 is 9.59 Å². The Bertz CT molecular complexity index is 725. The van der Waals surface area contributed by atoms with E-state index in [9.17, 15) is 9.59 Å². The molecule has 1 aliphatic rings. The molecule has 0 fully saturated rings. The Kier molecular flexibility index (Phi) is 3.67. The molecule has 0 saturated carbocycles. The summed E-state index contributed by atoms with van der Waals surface area (Å²) in [5.41, 5.74) is 3.45. The van der Waals surface area contributed by atoms with Gasteiger partial charge in [0.05, 0.1) is 12.5 Å². The monoisotopic (exact) mass is 294 g/mol. The number of amides is 2. The first kappa shape index (κ1) is 14.3. The van der Waals surface area contributed by atoms with Gasteiger partial charge in [-0.15, -0.1) is 0 Å². The minimum absolute atomic E-state index is 0.0604. The second-order valence-electron chi connectivity index (χ2n) is 5.58. The van der Waals surface area contributed by atoms with E-state index in [1.54, 1.807) is 18.0 Å². The molecule has 0 bridgehead atoms. The zero-order valence-corrected chi connectivity index (χ0v) is 12.7. The highest BCUT2D eigenvalue weighted by atomic mass is 16.2. The smallest absolute Gasteiger partial charge is 0.251 e. The Labute approximate surface area is 129 Å². The summed E-state index contributed by atoms with van der Waals surface area (Å²) in [6.45, 7) is 1.96. The first-order valence-corrected chi connectivity index (χ1v) is 7.31. The minimum atomic E-state index is -0.124. The van der Waals surface area contributed by atoms with Gasteiger partial charge in [0.1, 0.15) is 0 Å². The lowest BCUT2D eigenvalue weighted by Gasteiger charge is -2.15. The summed E-state index contributed by atoms with van der Waals surface area (Å²) in [6, 6.07) is 15.2. The van der Waals surface area contributed by atoms with Gasteiger partial charge in [-0.25, -0.2) is 0 Å². The normalized spacial score (nSPS) is 14.6. The quantitative estimate of drug-likeness (QED) is 0.946. The second-order valence-corrected chi connectivity index (χ2v) is 5.58. The third-order valence-corrected chi connectivity index (χ3v) is 4.07. The summed E-state index contributed by atoms with van der Waals surface area (Å²) in [4.78, 5) is 25.7. The van der Waals surface area contributed by atoms with Gasteiger partial charge in [0, 0.05) is 18.3 Å². The van der Waals surface area contributed by atoms with Gasteiger partial charge in [-0.1, -0.05) is 30.3 Å². The van der Waals surface area contributed by atoms with E-state index < -0.39 is 0 Å². The van der Waals surface area contributed by atoms with E-state index >= 15 is 0 Å². The predicted octanol–water partition coefficient (Wildman–Crippen LogP) is 2.70. The molecule has 1 heterocycles. The van der Waals surface area contributed by atoms with Crippen molar-refractivity contribution in [1.82, 2.24) is 5.32 Å². The van der Waals surface area contributed by atoms with Gasteiger partial charge in [0.25, 0.3) is 5.91 Å². The molecule has 3 rings (SSSR count). The number of benzene rings is 2. The van der Waals surface area contributed by atoms with Crippen molar-refractivity contribution in [3.8, 4) is 0 Å². The number of nitrogens with one attached hydrogen (secondary N) is 1. The fourth-order valence-electron chi connectivity index (χ4n) is 2.72. The van der Waals surface area contributed by atoms with Crippen LogP contribution < -0.4 is 10.2 Å². The molecule has 2 amide bonds. The Hall–Kier alpha value is -2.62. The Morgan fingerprint density at radius 1 is 1.18 bits per heavy atom. The van der Waals surface area contributed by atoms with Crippen LogP contribution in [0.15, 0.2) is 48.5 Å². The maximum absolute atomic E-state index is 12.4. The highest BCUT2D eigenvalue weighted by Gasteiger charge is 2.25. The summed E-state index contributed by atoms with van der Waals surface area (Å²) in [5.74, 6) is -0.0635. The molecule has 0 unspecified atom stereocenters. The van der Waals surface area contributed by atoms with Crippen LogP contribution in [0.25, 0.3) is 0 Å². The van der Waals surface area contributed by atoms with Crippen LogP contribution in [0, 0.1) is 0 Å². The average molecular weight is 294 g/mol. The zero-order valence-electron chi connectivity index (χ0n) is 12.7. The van der Waals surface area contributed by atoms with E-state index in [-0.39, 0.29) is 17.9 Å². The molecule has 4 heteroatoms. The van der Waals surface area contributed by atoms with Crippen LogP contribution >= 0.6 is 0 Å². The van der Waals surface area contributed by atoms with E-state index in [4.69, 9.17) is 0 Å². The first-order valence-electron chi connectivity index (χ1n) is 7.31. The number of nitrogens with zero attached hydrogens (tertiary/aromatic N) is 1. The first-order chi connectivity index (χ1) is 10.6. The van der Waals surface area contributed by atoms with Crippen LogP contribution in [-0.2, 0) is 11.2 Å². The molecule has 112 valence electrons. The third-order valence-electron chi connectivity index (χ3n) is 4.07. The van der Waals surface area contributed by atoms with Crippen LogP contribution in [-0.4, -0.2) is 18.9 Å². The molecule has 0 aliphatic carbocycles. The van der Waals surface area contributed by atoms with E-state index in [1.807, 2.05) is 49.4 Å². The number of fused-ring (bicyclic) bond motifs is 1. The van der Waals surface area contributed by atoms with Crippen LogP contribution in [0.5, 0.6) is 0 Å². The lowest BCUT2D eigenvalue weighted by atomic mass is 10.1. The minimum Gasteiger partial charge on any atom is -0.346 e. The number of carbonyl (C=O) groups excluding carboxylic acids is 2. The molecule has 4 nitrogen and oxygen atoms in total. The Morgan fingerprint density at radius 3 is 2.64 bits per heavy atom. The maximum atomic E-state index is 12.4. The molecule has 2 aromatic carbocycles. The Morgan fingerprint density at radius 2 is 1.91 bits per heavy atom. The average Bonchev–Trinajstić information content (AvgIpc) is 2.82. The van der Waals surface area contributed by atoms with E-state index in [0.717, 1.165) is 16.8 Å². The lowest BCUT2D eigenvalue weighted by Crippen LogP contribution is -2.26. The number of rotatable bonds is 3. The summed E-state index contributed by atoms with van der Waals surface area (Å²) < 4.78 is 0. The number of anilines is 1. The zero-order chi connectivity index (χ0) is 15.7. The molecular weight excluding hydrogens is 276 g/mol. The highest BCUT2D eigenvalue weighted by molar-refractivity contribution is 6.03. The standard InChI is InChI=1S/C18H18N2O2/c1-12(13-6-4-3-5-7-13)19-18(22)14-8-9-16-15(10-14)11-17(21)20(16)2/h3-10,12H,11H2,1-2H3,(H,19,22)/t12-/m1/s1. The fraction of sp³-hybridized carbons (Fsp3) is 0.222. The van der Waals surface area contributed by atoms with Gasteiger partial charge >= 0.3 is 0 Å². The topological polar surface area (TPSA) is 49.4 Å². The molecule has 1 aliphatic heterocycles. The predicted molar refractivity (Wildman–Crippen MR) is 85.9 cm³/mol. The van der Waals surface area contributed by atoms with E-state index in [2.05, 4.69) is 5.32 Å². The van der Waals surface area contributed by atoms with Gasteiger partial charge < -0.3 is 10.2 Å². The molecule has 22 heavy (non-hydrogen) atoms. The molecular formula is C18H18N2O2. The van der Waals surface area contributed by atoms with Crippen LogP contribution in [0.4, 0.5) is 5.69 Å². The fourth-order valence-corrected chi connectivity index (χ4v) is 2.72. The van der Waals surface area contributed by atoms with Crippen molar-refractivity contribution in [1.29, 1.82) is 0 Å². The van der Waals surface area contributed by atoms with Gasteiger partial charge in [-0.2, -0.15) is 0 Å². The number of hydrogen-bond acceptors (Lipinski definition) is 2. The lowest BCUT2D eigenvalue weighted by molar-refractivity contribution is -0.117.